The summed E-state index contributed by atoms with van der Waals surface area (Å²) in [7, 11) is 1.50. The fourth-order valence-corrected chi connectivity index (χ4v) is 1.66. The number of rotatable bonds is 6. The second kappa shape index (κ2) is 6.42. The van der Waals surface area contributed by atoms with Gasteiger partial charge in [0.05, 0.1) is 11.5 Å². The van der Waals surface area contributed by atoms with Gasteiger partial charge in [-0.25, -0.2) is 0 Å². The Hall–Kier alpha value is -2.03. The summed E-state index contributed by atoms with van der Waals surface area (Å²) in [6.07, 6.45) is -4.47. The number of aliphatic hydroxyl groups excluding tert-OH is 1. The van der Waals surface area contributed by atoms with Gasteiger partial charge in [0.2, 0.25) is 0 Å². The van der Waals surface area contributed by atoms with Crippen molar-refractivity contribution in [3.8, 4) is 0 Å². The van der Waals surface area contributed by atoms with Crippen LogP contribution in [0.15, 0.2) is 18.2 Å². The number of hydrogen-bond acceptors (Lipinski definition) is 5. The summed E-state index contributed by atoms with van der Waals surface area (Å²) in [4.78, 5) is 10.9. The van der Waals surface area contributed by atoms with Crippen LogP contribution in [0, 0.1) is 10.1 Å². The highest BCUT2D eigenvalue weighted by molar-refractivity contribution is 5.64. The molecule has 0 unspecified atom stereocenters. The first-order valence-electron chi connectivity index (χ1n) is 5.66. The SMILES string of the molecule is CNc1cc(N(CCO)CC(F)(F)F)cc([N+](=O)[O-])c1. The molecule has 1 aromatic rings. The van der Waals surface area contributed by atoms with Gasteiger partial charge < -0.3 is 15.3 Å². The van der Waals surface area contributed by atoms with Gasteiger partial charge in [-0.1, -0.05) is 0 Å². The number of hydrogen-bond donors (Lipinski definition) is 2. The minimum absolute atomic E-state index is 0.0231. The predicted octanol–water partition coefficient (Wildman–Crippen LogP) is 2.00. The first-order chi connectivity index (χ1) is 9.26. The number of aliphatic hydroxyl groups is 1. The van der Waals surface area contributed by atoms with E-state index in [1.807, 2.05) is 0 Å². The molecule has 1 aromatic carbocycles. The fraction of sp³-hybridized carbons (Fsp3) is 0.455. The monoisotopic (exact) mass is 293 g/mol. The van der Waals surface area contributed by atoms with Gasteiger partial charge in [-0.2, -0.15) is 13.2 Å². The van der Waals surface area contributed by atoms with Gasteiger partial charge in [0.15, 0.2) is 0 Å². The van der Waals surface area contributed by atoms with Gasteiger partial charge in [-0.15, -0.1) is 0 Å². The van der Waals surface area contributed by atoms with Gasteiger partial charge in [0.25, 0.3) is 5.69 Å². The Morgan fingerprint density at radius 2 is 2.05 bits per heavy atom. The lowest BCUT2D eigenvalue weighted by Gasteiger charge is -2.25. The molecule has 20 heavy (non-hydrogen) atoms. The van der Waals surface area contributed by atoms with Crippen LogP contribution in [0.1, 0.15) is 0 Å². The molecular formula is C11H14F3N3O3. The number of nitro groups is 1. The Labute approximate surface area is 113 Å². The quantitative estimate of drug-likeness (QED) is 0.619. The Bertz CT molecular complexity index is 480. The lowest BCUT2D eigenvalue weighted by Crippen LogP contribution is -2.36. The average Bonchev–Trinajstić information content (AvgIpc) is 2.36. The molecule has 0 amide bonds. The Morgan fingerprint density at radius 1 is 1.40 bits per heavy atom. The third-order valence-electron chi connectivity index (χ3n) is 2.51. The molecule has 0 atom stereocenters. The maximum Gasteiger partial charge on any atom is 0.405 e. The van der Waals surface area contributed by atoms with Crippen molar-refractivity contribution in [2.75, 3.05) is 37.0 Å². The lowest BCUT2D eigenvalue weighted by atomic mass is 10.2. The number of nitrogens with one attached hydrogen (secondary N) is 1. The van der Waals surface area contributed by atoms with Crippen LogP contribution in [-0.4, -0.2) is 43.0 Å². The van der Waals surface area contributed by atoms with Gasteiger partial charge in [-0.05, 0) is 6.07 Å². The van der Waals surface area contributed by atoms with E-state index in [-0.39, 0.29) is 17.9 Å². The summed E-state index contributed by atoms with van der Waals surface area (Å²) >= 11 is 0. The molecule has 0 radical (unpaired) electrons. The first-order valence-corrected chi connectivity index (χ1v) is 5.66. The van der Waals surface area contributed by atoms with Crippen molar-refractivity contribution in [1.29, 1.82) is 0 Å². The molecule has 112 valence electrons. The van der Waals surface area contributed by atoms with Crippen LogP contribution >= 0.6 is 0 Å². The molecule has 0 heterocycles. The maximum atomic E-state index is 12.5. The van der Waals surface area contributed by atoms with Crippen LogP contribution in [0.2, 0.25) is 0 Å². The molecule has 0 aliphatic heterocycles. The van der Waals surface area contributed by atoms with Crippen LogP contribution in [0.4, 0.5) is 30.2 Å². The zero-order valence-electron chi connectivity index (χ0n) is 10.6. The van der Waals surface area contributed by atoms with E-state index in [1.54, 1.807) is 0 Å². The van der Waals surface area contributed by atoms with E-state index in [4.69, 9.17) is 5.11 Å². The smallest absolute Gasteiger partial charge is 0.395 e. The molecular weight excluding hydrogens is 279 g/mol. The summed E-state index contributed by atoms with van der Waals surface area (Å²) in [5.74, 6) is 0. The minimum Gasteiger partial charge on any atom is -0.395 e. The van der Waals surface area contributed by atoms with E-state index in [2.05, 4.69) is 5.32 Å². The van der Waals surface area contributed by atoms with E-state index in [9.17, 15) is 23.3 Å². The van der Waals surface area contributed by atoms with Gasteiger partial charge in [-0.3, -0.25) is 10.1 Å². The lowest BCUT2D eigenvalue weighted by molar-refractivity contribution is -0.384. The number of nitro benzene ring substituents is 1. The summed E-state index contributed by atoms with van der Waals surface area (Å²) in [6, 6.07) is 3.62. The Kier molecular flexibility index (Phi) is 5.14. The van der Waals surface area contributed by atoms with Gasteiger partial charge in [0, 0.05) is 37.1 Å². The van der Waals surface area contributed by atoms with E-state index in [1.165, 1.54) is 19.2 Å². The van der Waals surface area contributed by atoms with Crippen molar-refractivity contribution in [3.05, 3.63) is 28.3 Å². The number of benzene rings is 1. The van der Waals surface area contributed by atoms with E-state index in [0.717, 1.165) is 11.0 Å². The number of nitrogens with zero attached hydrogens (tertiary/aromatic N) is 2. The number of anilines is 2. The minimum atomic E-state index is -4.47. The molecule has 6 nitrogen and oxygen atoms in total. The second-order valence-electron chi connectivity index (χ2n) is 4.01. The molecule has 0 aliphatic rings. The highest BCUT2D eigenvalue weighted by Gasteiger charge is 2.31. The van der Waals surface area contributed by atoms with E-state index >= 15 is 0 Å². The van der Waals surface area contributed by atoms with Crippen LogP contribution in [0.5, 0.6) is 0 Å². The van der Waals surface area contributed by atoms with Crippen molar-refractivity contribution in [2.24, 2.45) is 0 Å². The van der Waals surface area contributed by atoms with Gasteiger partial charge in [0.1, 0.15) is 6.54 Å². The van der Waals surface area contributed by atoms with E-state index < -0.39 is 24.3 Å². The van der Waals surface area contributed by atoms with Gasteiger partial charge >= 0.3 is 6.18 Å². The average molecular weight is 293 g/mol. The Morgan fingerprint density at radius 3 is 2.50 bits per heavy atom. The summed E-state index contributed by atoms with van der Waals surface area (Å²) in [5.41, 5.74) is 0.0196. The summed E-state index contributed by atoms with van der Waals surface area (Å²) < 4.78 is 37.5. The second-order valence-corrected chi connectivity index (χ2v) is 4.01. The molecule has 0 fully saturated rings. The molecule has 0 spiro atoms. The first kappa shape index (κ1) is 16.0. The number of alkyl halides is 3. The third kappa shape index (κ3) is 4.57. The molecule has 0 saturated carbocycles. The number of non-ortho nitro benzene ring substituents is 1. The maximum absolute atomic E-state index is 12.5. The standard InChI is InChI=1S/C11H14F3N3O3/c1-15-8-4-9(6-10(5-8)17(19)20)16(2-3-18)7-11(12,13)14/h4-6,15,18H,2-3,7H2,1H3. The van der Waals surface area contributed by atoms with Crippen molar-refractivity contribution in [2.45, 2.75) is 6.18 Å². The zero-order chi connectivity index (χ0) is 15.3. The predicted molar refractivity (Wildman–Crippen MR) is 68.0 cm³/mol. The molecule has 0 aromatic heterocycles. The molecule has 1 rings (SSSR count). The highest BCUT2D eigenvalue weighted by Crippen LogP contribution is 2.29. The van der Waals surface area contributed by atoms with Crippen molar-refractivity contribution in [1.82, 2.24) is 0 Å². The zero-order valence-corrected chi connectivity index (χ0v) is 10.6. The summed E-state index contributed by atoms with van der Waals surface area (Å²) in [6.45, 7) is -2.06. The fourth-order valence-electron chi connectivity index (χ4n) is 1.66. The molecule has 9 heteroatoms. The number of halogens is 3. The largest absolute Gasteiger partial charge is 0.405 e. The van der Waals surface area contributed by atoms with Crippen LogP contribution < -0.4 is 10.2 Å². The molecule has 0 aliphatic carbocycles. The van der Waals surface area contributed by atoms with Crippen molar-refractivity contribution >= 4 is 17.1 Å². The van der Waals surface area contributed by atoms with Crippen molar-refractivity contribution < 1.29 is 23.2 Å². The molecule has 0 saturated heterocycles. The van der Waals surface area contributed by atoms with Crippen LogP contribution in [-0.2, 0) is 0 Å². The highest BCUT2D eigenvalue weighted by atomic mass is 19.4. The normalized spacial score (nSPS) is 11.2. The van der Waals surface area contributed by atoms with E-state index in [0.29, 0.717) is 5.69 Å². The summed E-state index contributed by atoms with van der Waals surface area (Å²) in [5, 5.41) is 22.3. The van der Waals surface area contributed by atoms with Crippen molar-refractivity contribution in [3.63, 3.8) is 0 Å². The van der Waals surface area contributed by atoms with Crippen LogP contribution in [0.3, 0.4) is 0 Å². The Balaban J connectivity index is 3.17. The molecule has 2 N–H and O–H groups in total. The molecule has 0 bridgehead atoms. The van der Waals surface area contributed by atoms with Crippen LogP contribution in [0.25, 0.3) is 0 Å². The topological polar surface area (TPSA) is 78.6 Å². The third-order valence-corrected chi connectivity index (χ3v) is 2.51.